The first kappa shape index (κ1) is 12.1. The van der Waals surface area contributed by atoms with Gasteiger partial charge in [0.15, 0.2) is 0 Å². The number of carbonyl (C=O) groups excluding carboxylic acids is 1. The number of amides is 1. The summed E-state index contributed by atoms with van der Waals surface area (Å²) in [5.41, 5.74) is 4.41. The van der Waals surface area contributed by atoms with Crippen molar-refractivity contribution in [2.45, 2.75) is 0 Å². The molecule has 1 heterocycles. The van der Waals surface area contributed by atoms with E-state index in [2.05, 4.69) is 10.4 Å². The fourth-order valence-electron chi connectivity index (χ4n) is 1.74. The SMILES string of the molecule is CN(c1ccncc1)c1ccccc1C(=O)NN. The van der Waals surface area contributed by atoms with Gasteiger partial charge in [0.05, 0.1) is 11.3 Å². The lowest BCUT2D eigenvalue weighted by atomic mass is 10.1. The number of hydrogen-bond acceptors (Lipinski definition) is 4. The summed E-state index contributed by atoms with van der Waals surface area (Å²) in [6.45, 7) is 0. The van der Waals surface area contributed by atoms with Crippen molar-refractivity contribution in [3.05, 3.63) is 54.4 Å². The molecule has 5 heteroatoms. The highest BCUT2D eigenvalue weighted by atomic mass is 16.2. The first-order valence-corrected chi connectivity index (χ1v) is 5.47. The maximum Gasteiger partial charge on any atom is 0.267 e. The Balaban J connectivity index is 2.42. The van der Waals surface area contributed by atoms with Crippen molar-refractivity contribution < 1.29 is 4.79 Å². The van der Waals surface area contributed by atoms with Crippen LogP contribution >= 0.6 is 0 Å². The van der Waals surface area contributed by atoms with Gasteiger partial charge in [-0.05, 0) is 24.3 Å². The van der Waals surface area contributed by atoms with Crippen molar-refractivity contribution in [3.63, 3.8) is 0 Å². The molecule has 0 atom stereocenters. The third-order valence-corrected chi connectivity index (χ3v) is 2.69. The lowest BCUT2D eigenvalue weighted by Crippen LogP contribution is -2.31. The van der Waals surface area contributed by atoms with Crippen LogP contribution in [0.1, 0.15) is 10.4 Å². The monoisotopic (exact) mass is 242 g/mol. The summed E-state index contributed by atoms with van der Waals surface area (Å²) in [6, 6.07) is 11.0. The van der Waals surface area contributed by atoms with Crippen LogP contribution in [0.3, 0.4) is 0 Å². The van der Waals surface area contributed by atoms with Gasteiger partial charge < -0.3 is 4.90 Å². The Labute approximate surface area is 105 Å². The fourth-order valence-corrected chi connectivity index (χ4v) is 1.74. The van der Waals surface area contributed by atoms with Gasteiger partial charge in [0.1, 0.15) is 0 Å². The average Bonchev–Trinajstić information content (AvgIpc) is 2.46. The van der Waals surface area contributed by atoms with E-state index < -0.39 is 0 Å². The number of nitrogens with zero attached hydrogens (tertiary/aromatic N) is 2. The summed E-state index contributed by atoms with van der Waals surface area (Å²) in [7, 11) is 1.89. The second-order valence-electron chi connectivity index (χ2n) is 3.76. The van der Waals surface area contributed by atoms with Crippen molar-refractivity contribution in [3.8, 4) is 0 Å². The zero-order chi connectivity index (χ0) is 13.0. The molecule has 3 N–H and O–H groups in total. The Bertz CT molecular complexity index is 542. The molecule has 2 aromatic rings. The number of para-hydroxylation sites is 1. The second-order valence-corrected chi connectivity index (χ2v) is 3.76. The minimum Gasteiger partial charge on any atom is -0.344 e. The maximum absolute atomic E-state index is 11.7. The van der Waals surface area contributed by atoms with Crippen LogP contribution in [0.25, 0.3) is 0 Å². The highest BCUT2D eigenvalue weighted by Crippen LogP contribution is 2.26. The number of hydrazine groups is 1. The zero-order valence-corrected chi connectivity index (χ0v) is 10.00. The molecule has 18 heavy (non-hydrogen) atoms. The van der Waals surface area contributed by atoms with Crippen molar-refractivity contribution in [2.75, 3.05) is 11.9 Å². The summed E-state index contributed by atoms with van der Waals surface area (Å²) in [5, 5.41) is 0. The third-order valence-electron chi connectivity index (χ3n) is 2.69. The number of nitrogen functional groups attached to an aromatic ring is 1. The summed E-state index contributed by atoms with van der Waals surface area (Å²) >= 11 is 0. The van der Waals surface area contributed by atoms with Gasteiger partial charge in [-0.1, -0.05) is 12.1 Å². The molecule has 92 valence electrons. The van der Waals surface area contributed by atoms with E-state index in [1.54, 1.807) is 24.5 Å². The van der Waals surface area contributed by atoms with Crippen LogP contribution in [0.4, 0.5) is 11.4 Å². The first-order chi connectivity index (χ1) is 8.74. The number of carbonyl (C=O) groups is 1. The zero-order valence-electron chi connectivity index (χ0n) is 10.00. The minimum absolute atomic E-state index is 0.313. The predicted molar refractivity (Wildman–Crippen MR) is 70.4 cm³/mol. The van der Waals surface area contributed by atoms with E-state index in [9.17, 15) is 4.79 Å². The molecule has 5 nitrogen and oxygen atoms in total. The molecule has 0 unspecified atom stereocenters. The van der Waals surface area contributed by atoms with Crippen LogP contribution in [0, 0.1) is 0 Å². The van der Waals surface area contributed by atoms with Gasteiger partial charge in [0.2, 0.25) is 0 Å². The van der Waals surface area contributed by atoms with Gasteiger partial charge in [-0.25, -0.2) is 5.84 Å². The van der Waals surface area contributed by atoms with Crippen LogP contribution < -0.4 is 16.2 Å². The number of nitrogens with one attached hydrogen (secondary N) is 1. The van der Waals surface area contributed by atoms with Crippen molar-refractivity contribution in [2.24, 2.45) is 5.84 Å². The molecular formula is C13H14N4O. The van der Waals surface area contributed by atoms with E-state index in [-0.39, 0.29) is 5.91 Å². The number of hydrogen-bond donors (Lipinski definition) is 2. The highest BCUT2D eigenvalue weighted by molar-refractivity contribution is 6.00. The van der Waals surface area contributed by atoms with Gasteiger partial charge in [0, 0.05) is 25.1 Å². The largest absolute Gasteiger partial charge is 0.344 e. The number of nitrogens with two attached hydrogens (primary N) is 1. The van der Waals surface area contributed by atoms with E-state index in [0.717, 1.165) is 11.4 Å². The number of benzene rings is 1. The van der Waals surface area contributed by atoms with E-state index >= 15 is 0 Å². The van der Waals surface area contributed by atoms with Crippen LogP contribution in [0.15, 0.2) is 48.8 Å². The standard InChI is InChI=1S/C13H14N4O/c1-17(10-6-8-15-9-7-10)12-5-3-2-4-11(12)13(18)16-14/h2-9H,14H2,1H3,(H,16,18). The molecule has 0 spiro atoms. The molecule has 0 radical (unpaired) electrons. The molecule has 0 bridgehead atoms. The molecule has 0 aliphatic rings. The molecule has 2 rings (SSSR count). The molecule has 1 amide bonds. The molecule has 0 fully saturated rings. The van der Waals surface area contributed by atoms with Gasteiger partial charge in [-0.3, -0.25) is 15.2 Å². The van der Waals surface area contributed by atoms with Gasteiger partial charge in [-0.2, -0.15) is 0 Å². The molecule has 0 aliphatic heterocycles. The summed E-state index contributed by atoms with van der Waals surface area (Å²) in [4.78, 5) is 17.6. The lowest BCUT2D eigenvalue weighted by Gasteiger charge is -2.21. The molecular weight excluding hydrogens is 228 g/mol. The molecule has 0 saturated heterocycles. The van der Waals surface area contributed by atoms with Crippen molar-refractivity contribution in [1.29, 1.82) is 0 Å². The molecule has 0 aliphatic carbocycles. The van der Waals surface area contributed by atoms with E-state index in [0.29, 0.717) is 5.56 Å². The lowest BCUT2D eigenvalue weighted by molar-refractivity contribution is 0.0954. The van der Waals surface area contributed by atoms with Crippen LogP contribution in [0.2, 0.25) is 0 Å². The molecule has 0 saturated carbocycles. The predicted octanol–water partition coefficient (Wildman–Crippen LogP) is 1.45. The topological polar surface area (TPSA) is 71.2 Å². The Morgan fingerprint density at radius 2 is 1.89 bits per heavy atom. The van der Waals surface area contributed by atoms with E-state index in [1.165, 1.54) is 0 Å². The normalized spacial score (nSPS) is 9.89. The number of rotatable bonds is 3. The van der Waals surface area contributed by atoms with Gasteiger partial charge >= 0.3 is 0 Å². The van der Waals surface area contributed by atoms with Gasteiger partial charge in [-0.15, -0.1) is 0 Å². The maximum atomic E-state index is 11.7. The number of aromatic nitrogens is 1. The minimum atomic E-state index is -0.313. The third kappa shape index (κ3) is 2.31. The summed E-state index contributed by atoms with van der Waals surface area (Å²) in [5.74, 6) is 4.87. The first-order valence-electron chi connectivity index (χ1n) is 5.47. The Morgan fingerprint density at radius 3 is 2.56 bits per heavy atom. The van der Waals surface area contributed by atoms with Crippen molar-refractivity contribution in [1.82, 2.24) is 10.4 Å². The van der Waals surface area contributed by atoms with Crippen LogP contribution in [-0.4, -0.2) is 17.9 Å². The van der Waals surface area contributed by atoms with Crippen LogP contribution in [0.5, 0.6) is 0 Å². The van der Waals surface area contributed by atoms with Crippen LogP contribution in [-0.2, 0) is 0 Å². The molecule has 1 aromatic carbocycles. The molecule has 1 aromatic heterocycles. The Morgan fingerprint density at radius 1 is 1.22 bits per heavy atom. The quantitative estimate of drug-likeness (QED) is 0.485. The summed E-state index contributed by atoms with van der Waals surface area (Å²) in [6.07, 6.45) is 3.41. The van der Waals surface area contributed by atoms with E-state index in [1.807, 2.05) is 36.2 Å². The second kappa shape index (κ2) is 5.29. The Hall–Kier alpha value is -2.40. The summed E-state index contributed by atoms with van der Waals surface area (Å²) < 4.78 is 0. The Kier molecular flexibility index (Phi) is 3.54. The average molecular weight is 242 g/mol. The van der Waals surface area contributed by atoms with Crippen molar-refractivity contribution >= 4 is 17.3 Å². The highest BCUT2D eigenvalue weighted by Gasteiger charge is 2.13. The fraction of sp³-hybridized carbons (Fsp3) is 0.0769. The van der Waals surface area contributed by atoms with Gasteiger partial charge in [0.25, 0.3) is 5.91 Å². The number of anilines is 2. The smallest absolute Gasteiger partial charge is 0.267 e. The van der Waals surface area contributed by atoms with E-state index in [4.69, 9.17) is 5.84 Å². The number of pyridine rings is 1.